The van der Waals surface area contributed by atoms with E-state index in [0.29, 0.717) is 17.8 Å². The Morgan fingerprint density at radius 3 is 2.55 bits per heavy atom. The number of fused-ring (bicyclic) bond motifs is 1. The largest absolute Gasteiger partial charge is 0.478 e. The highest BCUT2D eigenvalue weighted by Gasteiger charge is 2.59. The Hall–Kier alpha value is -2.10. The standard InChI is InChI=1S/C18H18O4/c1-9-14-8-10-6-7-11(14)16(15(9)10)22-18(21)13-5-3-2-4-12(13)17(19)20/h2-5,10-11,14-16H,1,6-8H2,(H,19,20)/t10-,11-,14-,15-,16-/m1/s1. The number of ether oxygens (including phenoxy) is 1. The van der Waals surface area contributed by atoms with Crippen LogP contribution < -0.4 is 0 Å². The highest BCUT2D eigenvalue weighted by Crippen LogP contribution is 2.62. The number of hydrogen-bond donors (Lipinski definition) is 1. The van der Waals surface area contributed by atoms with Crippen LogP contribution in [0.3, 0.4) is 0 Å². The van der Waals surface area contributed by atoms with E-state index in [1.807, 2.05) is 0 Å². The lowest BCUT2D eigenvalue weighted by atomic mass is 9.69. The third-order valence-corrected chi connectivity index (χ3v) is 5.75. The second-order valence-corrected chi connectivity index (χ2v) is 6.66. The molecule has 4 heteroatoms. The molecule has 114 valence electrons. The van der Waals surface area contributed by atoms with Crippen molar-refractivity contribution in [3.8, 4) is 0 Å². The van der Waals surface area contributed by atoms with Gasteiger partial charge in [-0.1, -0.05) is 24.3 Å². The molecule has 1 aromatic rings. The van der Waals surface area contributed by atoms with Crippen molar-refractivity contribution in [3.05, 3.63) is 47.5 Å². The summed E-state index contributed by atoms with van der Waals surface area (Å²) in [6.07, 6.45) is 3.36. The van der Waals surface area contributed by atoms with E-state index < -0.39 is 11.9 Å². The van der Waals surface area contributed by atoms with Crippen molar-refractivity contribution in [2.45, 2.75) is 25.4 Å². The number of carboxylic acids is 1. The van der Waals surface area contributed by atoms with Crippen LogP contribution in [0.1, 0.15) is 40.0 Å². The molecule has 0 heterocycles. The SMILES string of the molecule is C=C1[C@@H]2[C@@H]3CC[C@@H]([C@H]2OC(=O)c2ccccc2C(=O)O)[C@@H]1C3. The topological polar surface area (TPSA) is 63.6 Å². The predicted molar refractivity (Wildman–Crippen MR) is 79.6 cm³/mol. The van der Waals surface area contributed by atoms with Crippen LogP contribution in [0.2, 0.25) is 0 Å². The van der Waals surface area contributed by atoms with Crippen molar-refractivity contribution in [2.24, 2.45) is 23.7 Å². The van der Waals surface area contributed by atoms with Crippen LogP contribution in [0.4, 0.5) is 0 Å². The number of carbonyl (C=O) groups excluding carboxylic acids is 1. The van der Waals surface area contributed by atoms with E-state index in [-0.39, 0.29) is 23.1 Å². The average Bonchev–Trinajstić information content (AvgIpc) is 2.93. The molecule has 1 N–H and O–H groups in total. The van der Waals surface area contributed by atoms with Crippen LogP contribution in [-0.4, -0.2) is 23.1 Å². The molecule has 0 saturated heterocycles. The summed E-state index contributed by atoms with van der Waals surface area (Å²) in [5.74, 6) is 0.125. The summed E-state index contributed by atoms with van der Waals surface area (Å²) in [4.78, 5) is 23.7. The molecule has 0 amide bonds. The van der Waals surface area contributed by atoms with E-state index in [9.17, 15) is 14.7 Å². The molecule has 5 atom stereocenters. The number of aromatic carboxylic acids is 1. The number of benzene rings is 1. The Bertz CT molecular complexity index is 677. The first-order valence-electron chi connectivity index (χ1n) is 7.80. The number of carbonyl (C=O) groups is 2. The van der Waals surface area contributed by atoms with Crippen LogP contribution in [0.25, 0.3) is 0 Å². The molecule has 4 bridgehead atoms. The molecule has 4 aliphatic carbocycles. The van der Waals surface area contributed by atoms with Gasteiger partial charge in [-0.05, 0) is 43.2 Å². The maximum Gasteiger partial charge on any atom is 0.339 e. The van der Waals surface area contributed by atoms with Gasteiger partial charge in [0.1, 0.15) is 6.10 Å². The van der Waals surface area contributed by atoms with E-state index in [1.165, 1.54) is 30.5 Å². The van der Waals surface area contributed by atoms with Crippen LogP contribution in [0.5, 0.6) is 0 Å². The third kappa shape index (κ3) is 1.76. The maximum absolute atomic E-state index is 12.5. The summed E-state index contributed by atoms with van der Waals surface area (Å²) < 4.78 is 5.76. The molecule has 0 spiro atoms. The first-order chi connectivity index (χ1) is 10.6. The smallest absolute Gasteiger partial charge is 0.339 e. The van der Waals surface area contributed by atoms with Crippen LogP contribution in [0.15, 0.2) is 36.4 Å². The third-order valence-electron chi connectivity index (χ3n) is 5.75. The van der Waals surface area contributed by atoms with E-state index in [0.717, 1.165) is 6.42 Å². The van der Waals surface area contributed by atoms with E-state index in [1.54, 1.807) is 12.1 Å². The Kier molecular flexibility index (Phi) is 2.90. The molecule has 5 rings (SSSR count). The van der Waals surface area contributed by atoms with Gasteiger partial charge in [0.15, 0.2) is 0 Å². The van der Waals surface area contributed by atoms with E-state index >= 15 is 0 Å². The minimum Gasteiger partial charge on any atom is -0.478 e. The van der Waals surface area contributed by atoms with Gasteiger partial charge in [0.2, 0.25) is 0 Å². The zero-order valence-electron chi connectivity index (χ0n) is 12.2. The van der Waals surface area contributed by atoms with Crippen molar-refractivity contribution in [1.82, 2.24) is 0 Å². The Balaban J connectivity index is 1.59. The average molecular weight is 298 g/mol. The molecule has 4 aliphatic rings. The number of hydrogen-bond acceptors (Lipinski definition) is 3. The summed E-state index contributed by atoms with van der Waals surface area (Å²) in [5, 5.41) is 9.21. The van der Waals surface area contributed by atoms with Gasteiger partial charge in [-0.2, -0.15) is 0 Å². The zero-order chi connectivity index (χ0) is 15.4. The van der Waals surface area contributed by atoms with Gasteiger partial charge in [-0.25, -0.2) is 9.59 Å². The second-order valence-electron chi connectivity index (χ2n) is 6.66. The first kappa shape index (κ1) is 13.6. The van der Waals surface area contributed by atoms with Gasteiger partial charge in [0.25, 0.3) is 0 Å². The minimum absolute atomic E-state index is 0.000331. The molecule has 0 aliphatic heterocycles. The normalized spacial score (nSPS) is 34.9. The fraction of sp³-hybridized carbons (Fsp3) is 0.444. The first-order valence-corrected chi connectivity index (χ1v) is 7.80. The van der Waals surface area contributed by atoms with Gasteiger partial charge in [0, 0.05) is 11.8 Å². The number of carboxylic acid groups (broad SMARTS) is 1. The van der Waals surface area contributed by atoms with Crippen molar-refractivity contribution in [1.29, 1.82) is 0 Å². The summed E-state index contributed by atoms with van der Waals surface area (Å²) >= 11 is 0. The highest BCUT2D eigenvalue weighted by atomic mass is 16.5. The summed E-state index contributed by atoms with van der Waals surface area (Å²) in [5.41, 5.74) is 1.38. The Labute approximate surface area is 128 Å². The van der Waals surface area contributed by atoms with E-state index in [4.69, 9.17) is 4.74 Å². The molecule has 0 unspecified atom stereocenters. The van der Waals surface area contributed by atoms with Gasteiger partial charge in [-0.15, -0.1) is 0 Å². The van der Waals surface area contributed by atoms with Crippen molar-refractivity contribution >= 4 is 11.9 Å². The van der Waals surface area contributed by atoms with Gasteiger partial charge in [0.05, 0.1) is 11.1 Å². The Morgan fingerprint density at radius 2 is 1.91 bits per heavy atom. The maximum atomic E-state index is 12.5. The summed E-state index contributed by atoms with van der Waals surface area (Å²) in [7, 11) is 0. The lowest BCUT2D eigenvalue weighted by molar-refractivity contribution is -0.0386. The second kappa shape index (κ2) is 4.70. The minimum atomic E-state index is -1.11. The Morgan fingerprint density at radius 1 is 1.18 bits per heavy atom. The lowest BCUT2D eigenvalue weighted by Crippen LogP contribution is -2.41. The molecular formula is C18H18O4. The van der Waals surface area contributed by atoms with Crippen LogP contribution in [0, 0.1) is 23.7 Å². The van der Waals surface area contributed by atoms with Crippen LogP contribution in [-0.2, 0) is 4.74 Å². The van der Waals surface area contributed by atoms with Gasteiger partial charge in [-0.3, -0.25) is 0 Å². The zero-order valence-corrected chi connectivity index (χ0v) is 12.2. The molecule has 0 aromatic heterocycles. The molecule has 1 aromatic carbocycles. The number of rotatable bonds is 3. The van der Waals surface area contributed by atoms with Crippen molar-refractivity contribution in [2.75, 3.05) is 0 Å². The predicted octanol–water partition coefficient (Wildman–Crippen LogP) is 3.14. The summed E-state index contributed by atoms with van der Waals surface area (Å²) in [6, 6.07) is 6.23. The van der Waals surface area contributed by atoms with E-state index in [2.05, 4.69) is 6.58 Å². The lowest BCUT2D eigenvalue weighted by Gasteiger charge is -2.40. The quantitative estimate of drug-likeness (QED) is 0.688. The molecule has 0 radical (unpaired) electrons. The summed E-state index contributed by atoms with van der Waals surface area (Å²) in [6.45, 7) is 4.21. The van der Waals surface area contributed by atoms with Crippen LogP contribution >= 0.6 is 0 Å². The molecule has 22 heavy (non-hydrogen) atoms. The van der Waals surface area contributed by atoms with Crippen molar-refractivity contribution in [3.63, 3.8) is 0 Å². The molecular weight excluding hydrogens is 280 g/mol. The molecule has 4 nitrogen and oxygen atoms in total. The van der Waals surface area contributed by atoms with Gasteiger partial charge >= 0.3 is 11.9 Å². The number of esters is 1. The van der Waals surface area contributed by atoms with Gasteiger partial charge < -0.3 is 9.84 Å². The monoisotopic (exact) mass is 298 g/mol. The molecule has 4 fully saturated rings. The fourth-order valence-electron chi connectivity index (χ4n) is 4.86. The van der Waals surface area contributed by atoms with Crippen molar-refractivity contribution < 1.29 is 19.4 Å². The highest BCUT2D eigenvalue weighted by molar-refractivity contribution is 6.02. The molecule has 4 saturated carbocycles. The fourth-order valence-corrected chi connectivity index (χ4v) is 4.86.